The van der Waals surface area contributed by atoms with Crippen molar-refractivity contribution in [1.29, 1.82) is 0 Å². The summed E-state index contributed by atoms with van der Waals surface area (Å²) in [5.74, 6) is 1.46. The van der Waals surface area contributed by atoms with E-state index in [0.29, 0.717) is 25.5 Å². The predicted molar refractivity (Wildman–Crippen MR) is 91.5 cm³/mol. The monoisotopic (exact) mass is 390 g/mol. The number of aromatic nitrogens is 2. The molecule has 3 unspecified atom stereocenters. The van der Waals surface area contributed by atoms with Crippen LogP contribution >= 0.6 is 0 Å². The third-order valence-electron chi connectivity index (χ3n) is 5.96. The van der Waals surface area contributed by atoms with E-state index in [-0.39, 0.29) is 41.1 Å². The quantitative estimate of drug-likeness (QED) is 0.796. The zero-order valence-electron chi connectivity index (χ0n) is 14.5. The van der Waals surface area contributed by atoms with Crippen molar-refractivity contribution in [2.75, 3.05) is 35.2 Å². The molecule has 3 heterocycles. The van der Waals surface area contributed by atoms with Gasteiger partial charge in [0.05, 0.1) is 5.75 Å². The predicted octanol–water partition coefficient (Wildman–Crippen LogP) is 2.31. The molecular formula is C16H21F3N4O2S. The van der Waals surface area contributed by atoms with Crippen molar-refractivity contribution in [2.45, 2.75) is 32.5 Å². The third kappa shape index (κ3) is 2.96. The number of piperidine rings is 1. The number of fused-ring (bicyclic) bond motifs is 1. The molecule has 5 atom stereocenters. The van der Waals surface area contributed by atoms with E-state index in [1.165, 1.54) is 6.92 Å². The summed E-state index contributed by atoms with van der Waals surface area (Å²) in [6.45, 7) is 5.19. The van der Waals surface area contributed by atoms with Gasteiger partial charge in [-0.1, -0.05) is 0 Å². The van der Waals surface area contributed by atoms with Crippen LogP contribution in [0.4, 0.5) is 24.9 Å². The molecule has 4 rings (SSSR count). The van der Waals surface area contributed by atoms with Crippen LogP contribution in [0.3, 0.4) is 0 Å². The standard InChI is InChI=1S/C16H21F3N4O2S/c1-8-3-4-23(8)15-20-13(16(17,18)19)9(2)14(21-15)22-5-10-11(6-22)12(10)7-26(24)25/h8,10-12H,3-7H2,1-2H3,(H,24,25)/t8?,10-,11+,12?. The van der Waals surface area contributed by atoms with Crippen LogP contribution in [-0.2, 0) is 17.3 Å². The van der Waals surface area contributed by atoms with Crippen molar-refractivity contribution < 1.29 is 21.9 Å². The van der Waals surface area contributed by atoms with Gasteiger partial charge in [-0.25, -0.2) is 9.19 Å². The third-order valence-corrected chi connectivity index (χ3v) is 6.63. The fourth-order valence-electron chi connectivity index (χ4n) is 4.25. The molecule has 1 aliphatic carbocycles. The van der Waals surface area contributed by atoms with Gasteiger partial charge in [0, 0.05) is 31.2 Å². The van der Waals surface area contributed by atoms with E-state index in [9.17, 15) is 17.4 Å². The Balaban J connectivity index is 1.62. The van der Waals surface area contributed by atoms with Crippen LogP contribution in [0.15, 0.2) is 0 Å². The second-order valence-electron chi connectivity index (χ2n) is 7.53. The van der Waals surface area contributed by atoms with Gasteiger partial charge >= 0.3 is 6.18 Å². The van der Waals surface area contributed by atoms with Gasteiger partial charge in [0.1, 0.15) is 5.82 Å². The summed E-state index contributed by atoms with van der Waals surface area (Å²) in [5.41, 5.74) is -0.816. The second-order valence-corrected chi connectivity index (χ2v) is 8.51. The number of alkyl halides is 3. The lowest BCUT2D eigenvalue weighted by Gasteiger charge is -2.39. The molecule has 0 bridgehead atoms. The largest absolute Gasteiger partial charge is 0.433 e. The Morgan fingerprint density at radius 3 is 2.38 bits per heavy atom. The van der Waals surface area contributed by atoms with Gasteiger partial charge in [-0.3, -0.25) is 0 Å². The lowest BCUT2D eigenvalue weighted by Crippen LogP contribution is -2.47. The zero-order valence-corrected chi connectivity index (χ0v) is 15.3. The summed E-state index contributed by atoms with van der Waals surface area (Å²) in [4.78, 5) is 12.0. The van der Waals surface area contributed by atoms with Crippen LogP contribution < -0.4 is 9.80 Å². The highest BCUT2D eigenvalue weighted by atomic mass is 32.2. The van der Waals surface area contributed by atoms with E-state index in [4.69, 9.17) is 4.55 Å². The van der Waals surface area contributed by atoms with Crippen LogP contribution in [0.1, 0.15) is 24.6 Å². The van der Waals surface area contributed by atoms with Crippen molar-refractivity contribution in [3.63, 3.8) is 0 Å². The fraction of sp³-hybridized carbons (Fsp3) is 0.750. The maximum absolute atomic E-state index is 13.5. The summed E-state index contributed by atoms with van der Waals surface area (Å²) in [5, 5.41) is 0. The SMILES string of the molecule is Cc1c(N2C[C@@H]3C(CS(=O)O)[C@@H]3C2)nc(N2CCC2C)nc1C(F)(F)F. The molecule has 1 N–H and O–H groups in total. The molecule has 6 nitrogen and oxygen atoms in total. The van der Waals surface area contributed by atoms with E-state index < -0.39 is 23.0 Å². The van der Waals surface area contributed by atoms with Crippen LogP contribution in [-0.4, -0.2) is 50.2 Å². The first-order valence-electron chi connectivity index (χ1n) is 8.71. The first-order valence-corrected chi connectivity index (χ1v) is 9.99. The van der Waals surface area contributed by atoms with Crippen molar-refractivity contribution in [2.24, 2.45) is 17.8 Å². The molecule has 0 radical (unpaired) electrons. The van der Waals surface area contributed by atoms with E-state index in [1.807, 2.05) is 11.8 Å². The van der Waals surface area contributed by atoms with Gasteiger partial charge in [-0.05, 0) is 38.0 Å². The van der Waals surface area contributed by atoms with Gasteiger partial charge < -0.3 is 14.4 Å². The fourth-order valence-corrected chi connectivity index (χ4v) is 5.08. The van der Waals surface area contributed by atoms with Gasteiger partial charge in [0.15, 0.2) is 16.8 Å². The number of nitrogens with zero attached hydrogens (tertiary/aromatic N) is 4. The highest BCUT2D eigenvalue weighted by Crippen LogP contribution is 2.53. The first-order chi connectivity index (χ1) is 12.2. The summed E-state index contributed by atoms with van der Waals surface area (Å²) >= 11 is -1.82. The van der Waals surface area contributed by atoms with E-state index >= 15 is 0 Å². The van der Waals surface area contributed by atoms with Crippen LogP contribution in [0.25, 0.3) is 0 Å². The Hall–Kier alpha value is -1.42. The molecular weight excluding hydrogens is 369 g/mol. The Morgan fingerprint density at radius 2 is 1.92 bits per heavy atom. The molecule has 10 heteroatoms. The Morgan fingerprint density at radius 1 is 1.27 bits per heavy atom. The molecule has 1 aromatic rings. The Bertz CT molecular complexity index is 748. The highest BCUT2D eigenvalue weighted by Gasteiger charge is 2.56. The lowest BCUT2D eigenvalue weighted by molar-refractivity contribution is -0.141. The molecule has 0 spiro atoms. The smallest absolute Gasteiger partial charge is 0.356 e. The molecule has 3 aliphatic rings. The molecule has 144 valence electrons. The number of hydrogen-bond donors (Lipinski definition) is 1. The second kappa shape index (κ2) is 6.05. The normalized spacial score (nSPS) is 31.6. The van der Waals surface area contributed by atoms with Crippen molar-refractivity contribution in [3.05, 3.63) is 11.3 Å². The topological polar surface area (TPSA) is 69.6 Å². The maximum atomic E-state index is 13.5. The van der Waals surface area contributed by atoms with Crippen LogP contribution in [0, 0.1) is 24.7 Å². The maximum Gasteiger partial charge on any atom is 0.433 e. The van der Waals surface area contributed by atoms with Gasteiger partial charge in [0.25, 0.3) is 0 Å². The molecule has 2 saturated heterocycles. The minimum atomic E-state index is -4.52. The van der Waals surface area contributed by atoms with Crippen LogP contribution in [0.2, 0.25) is 0 Å². The summed E-state index contributed by atoms with van der Waals surface area (Å²) < 4.78 is 60.5. The Kier molecular flexibility index (Phi) is 4.18. The minimum Gasteiger partial charge on any atom is -0.356 e. The zero-order chi connectivity index (χ0) is 18.8. The molecule has 2 aliphatic heterocycles. The molecule has 26 heavy (non-hydrogen) atoms. The first kappa shape index (κ1) is 18.0. The van der Waals surface area contributed by atoms with Crippen molar-refractivity contribution in [3.8, 4) is 0 Å². The average Bonchev–Trinajstić information content (AvgIpc) is 2.96. The average molecular weight is 390 g/mol. The molecule has 0 amide bonds. The molecule has 0 aromatic carbocycles. The molecule has 3 fully saturated rings. The lowest BCUT2D eigenvalue weighted by atomic mass is 10.1. The number of halogens is 3. The Labute approximate surface area is 152 Å². The van der Waals surface area contributed by atoms with Crippen LogP contribution in [0.5, 0.6) is 0 Å². The van der Waals surface area contributed by atoms with Gasteiger partial charge in [-0.2, -0.15) is 18.2 Å². The van der Waals surface area contributed by atoms with E-state index in [1.54, 1.807) is 4.90 Å². The van der Waals surface area contributed by atoms with Crippen molar-refractivity contribution >= 4 is 22.8 Å². The summed E-state index contributed by atoms with van der Waals surface area (Å²) in [6, 6.07) is 0.141. The van der Waals surface area contributed by atoms with Gasteiger partial charge in [-0.15, -0.1) is 0 Å². The molecule has 1 aromatic heterocycles. The minimum absolute atomic E-state index is 0.0537. The van der Waals surface area contributed by atoms with Gasteiger partial charge in [0.2, 0.25) is 5.95 Å². The van der Waals surface area contributed by atoms with E-state index in [2.05, 4.69) is 9.97 Å². The van der Waals surface area contributed by atoms with Crippen molar-refractivity contribution in [1.82, 2.24) is 9.97 Å². The summed E-state index contributed by atoms with van der Waals surface area (Å²) in [7, 11) is 0. The number of anilines is 2. The number of hydrogen-bond acceptors (Lipinski definition) is 5. The van der Waals surface area contributed by atoms with E-state index in [0.717, 1.165) is 6.42 Å². The number of rotatable bonds is 4. The summed E-state index contributed by atoms with van der Waals surface area (Å²) in [6.07, 6.45) is -3.61. The molecule has 1 saturated carbocycles. The highest BCUT2D eigenvalue weighted by molar-refractivity contribution is 7.79.